The van der Waals surface area contributed by atoms with Crippen molar-refractivity contribution in [2.75, 3.05) is 0 Å². The van der Waals surface area contributed by atoms with Gasteiger partial charge in [0, 0.05) is 0 Å². The lowest BCUT2D eigenvalue weighted by atomic mass is 10.0. The second-order valence-corrected chi connectivity index (χ2v) is 3.56. The topological polar surface area (TPSA) is 102 Å². The van der Waals surface area contributed by atoms with Crippen molar-refractivity contribution in [1.29, 1.82) is 0 Å². The molecule has 0 aliphatic rings. The van der Waals surface area contributed by atoms with Gasteiger partial charge < -0.3 is 16.6 Å². The molecule has 0 atom stereocenters. The van der Waals surface area contributed by atoms with Crippen molar-refractivity contribution in [2.24, 2.45) is 16.5 Å². The number of hydrogen-bond acceptors (Lipinski definition) is 2. The van der Waals surface area contributed by atoms with E-state index in [4.69, 9.17) is 16.6 Å². The number of rotatable bonds is 2. The lowest BCUT2D eigenvalue weighted by Crippen LogP contribution is -2.21. The molecule has 0 unspecified atom stereocenters. The fourth-order valence-corrected chi connectivity index (χ4v) is 1.69. The number of benzene rings is 2. The summed E-state index contributed by atoms with van der Waals surface area (Å²) in [7, 11) is 0. The Kier molecular flexibility index (Phi) is 2.66. The molecular weight excluding hydrogens is 218 g/mol. The first kappa shape index (κ1) is 10.9. The Morgan fingerprint density at radius 3 is 2.53 bits per heavy atom. The van der Waals surface area contributed by atoms with Crippen molar-refractivity contribution < 1.29 is 9.90 Å². The van der Waals surface area contributed by atoms with Crippen LogP contribution < -0.4 is 11.5 Å². The molecule has 0 amide bonds. The zero-order valence-electron chi connectivity index (χ0n) is 8.92. The van der Waals surface area contributed by atoms with Gasteiger partial charge in [-0.05, 0) is 22.9 Å². The molecule has 5 nitrogen and oxygen atoms in total. The van der Waals surface area contributed by atoms with Gasteiger partial charge in [-0.15, -0.1) is 0 Å². The SMILES string of the molecule is NC(N)=Nc1cc(C(=O)O)c2ccccc2c1. The molecule has 86 valence electrons. The summed E-state index contributed by atoms with van der Waals surface area (Å²) in [6.07, 6.45) is 0. The van der Waals surface area contributed by atoms with E-state index in [9.17, 15) is 4.79 Å². The van der Waals surface area contributed by atoms with Gasteiger partial charge in [0.1, 0.15) is 0 Å². The number of carboxylic acids is 1. The maximum Gasteiger partial charge on any atom is 0.336 e. The predicted molar refractivity (Wildman–Crippen MR) is 66.4 cm³/mol. The van der Waals surface area contributed by atoms with E-state index < -0.39 is 5.97 Å². The Balaban J connectivity index is 2.76. The summed E-state index contributed by atoms with van der Waals surface area (Å²) in [4.78, 5) is 15.0. The van der Waals surface area contributed by atoms with Crippen molar-refractivity contribution in [3.05, 3.63) is 42.0 Å². The first-order valence-electron chi connectivity index (χ1n) is 4.93. The fraction of sp³-hybridized carbons (Fsp3) is 0. The highest BCUT2D eigenvalue weighted by molar-refractivity contribution is 6.05. The number of nitrogens with zero attached hydrogens (tertiary/aromatic N) is 1. The summed E-state index contributed by atoms with van der Waals surface area (Å²) >= 11 is 0. The third kappa shape index (κ3) is 2.17. The van der Waals surface area contributed by atoms with Gasteiger partial charge in [0.05, 0.1) is 11.3 Å². The molecule has 0 fully saturated rings. The van der Waals surface area contributed by atoms with Gasteiger partial charge in [-0.3, -0.25) is 0 Å². The second-order valence-electron chi connectivity index (χ2n) is 3.56. The second kappa shape index (κ2) is 4.13. The smallest absolute Gasteiger partial charge is 0.336 e. The molecule has 0 bridgehead atoms. The monoisotopic (exact) mass is 229 g/mol. The number of aromatic carboxylic acids is 1. The van der Waals surface area contributed by atoms with Crippen LogP contribution in [0.4, 0.5) is 5.69 Å². The van der Waals surface area contributed by atoms with Gasteiger partial charge in [0.25, 0.3) is 0 Å². The quantitative estimate of drug-likeness (QED) is 0.535. The summed E-state index contributed by atoms with van der Waals surface area (Å²) in [6.45, 7) is 0. The van der Waals surface area contributed by atoms with E-state index in [0.29, 0.717) is 11.1 Å². The van der Waals surface area contributed by atoms with Gasteiger partial charge in [-0.1, -0.05) is 24.3 Å². The third-order valence-electron chi connectivity index (χ3n) is 2.34. The zero-order chi connectivity index (χ0) is 12.4. The van der Waals surface area contributed by atoms with E-state index in [1.165, 1.54) is 6.07 Å². The Hall–Kier alpha value is -2.56. The van der Waals surface area contributed by atoms with Crippen LogP contribution in [0.5, 0.6) is 0 Å². The van der Waals surface area contributed by atoms with Crippen LogP contribution in [-0.2, 0) is 0 Å². The first-order valence-corrected chi connectivity index (χ1v) is 4.93. The fourth-order valence-electron chi connectivity index (χ4n) is 1.69. The minimum atomic E-state index is -1.01. The molecule has 0 saturated carbocycles. The standard InChI is InChI=1S/C12H11N3O2/c13-12(14)15-8-5-7-3-1-2-4-9(7)10(6-8)11(16)17/h1-6H,(H,16,17)(H4,13,14,15). The molecule has 0 heterocycles. The number of fused-ring (bicyclic) bond motifs is 1. The number of hydrogen-bond donors (Lipinski definition) is 3. The first-order chi connectivity index (χ1) is 8.08. The zero-order valence-corrected chi connectivity index (χ0v) is 8.92. The number of carbonyl (C=O) groups is 1. The molecular formula is C12H11N3O2. The van der Waals surface area contributed by atoms with E-state index in [2.05, 4.69) is 4.99 Å². The van der Waals surface area contributed by atoms with Crippen molar-refractivity contribution in [3.63, 3.8) is 0 Å². The average molecular weight is 229 g/mol. The van der Waals surface area contributed by atoms with Crippen molar-refractivity contribution in [3.8, 4) is 0 Å². The van der Waals surface area contributed by atoms with E-state index in [-0.39, 0.29) is 11.5 Å². The van der Waals surface area contributed by atoms with Crippen LogP contribution in [0, 0.1) is 0 Å². The molecule has 2 rings (SSSR count). The Bertz CT molecular complexity index is 616. The minimum absolute atomic E-state index is 0.100. The number of aliphatic imine (C=N–C) groups is 1. The third-order valence-corrected chi connectivity index (χ3v) is 2.34. The van der Waals surface area contributed by atoms with E-state index in [1.54, 1.807) is 18.2 Å². The van der Waals surface area contributed by atoms with Crippen LogP contribution in [0.25, 0.3) is 10.8 Å². The van der Waals surface area contributed by atoms with Crippen molar-refractivity contribution in [2.45, 2.75) is 0 Å². The molecule has 0 saturated heterocycles. The molecule has 17 heavy (non-hydrogen) atoms. The molecule has 5 heteroatoms. The number of nitrogens with two attached hydrogens (primary N) is 2. The summed E-state index contributed by atoms with van der Waals surface area (Å²) in [5, 5.41) is 10.6. The highest BCUT2D eigenvalue weighted by Crippen LogP contribution is 2.25. The largest absolute Gasteiger partial charge is 0.478 e. The van der Waals surface area contributed by atoms with Crippen LogP contribution in [0.15, 0.2) is 41.4 Å². The van der Waals surface area contributed by atoms with Gasteiger partial charge in [-0.2, -0.15) is 0 Å². The summed E-state index contributed by atoms with van der Waals surface area (Å²) in [5.41, 5.74) is 11.2. The highest BCUT2D eigenvalue weighted by Gasteiger charge is 2.09. The minimum Gasteiger partial charge on any atom is -0.478 e. The molecule has 2 aromatic rings. The predicted octanol–water partition coefficient (Wildman–Crippen LogP) is 1.44. The molecule has 5 N–H and O–H groups in total. The molecule has 0 aliphatic heterocycles. The van der Waals surface area contributed by atoms with E-state index >= 15 is 0 Å². The Morgan fingerprint density at radius 2 is 1.88 bits per heavy atom. The van der Waals surface area contributed by atoms with Crippen molar-refractivity contribution >= 4 is 28.4 Å². The highest BCUT2D eigenvalue weighted by atomic mass is 16.4. The summed E-state index contributed by atoms with van der Waals surface area (Å²) in [5.74, 6) is -1.11. The van der Waals surface area contributed by atoms with Crippen LogP contribution in [0.3, 0.4) is 0 Å². The van der Waals surface area contributed by atoms with E-state index in [1.807, 2.05) is 12.1 Å². The lowest BCUT2D eigenvalue weighted by molar-refractivity contribution is 0.0699. The van der Waals surface area contributed by atoms with Crippen LogP contribution in [-0.4, -0.2) is 17.0 Å². The Labute approximate surface area is 97.4 Å². The van der Waals surface area contributed by atoms with Crippen LogP contribution in [0.1, 0.15) is 10.4 Å². The molecule has 0 radical (unpaired) electrons. The van der Waals surface area contributed by atoms with Crippen molar-refractivity contribution in [1.82, 2.24) is 0 Å². The average Bonchev–Trinajstić information content (AvgIpc) is 2.27. The molecule has 0 aromatic heterocycles. The lowest BCUT2D eigenvalue weighted by Gasteiger charge is -2.04. The van der Waals surface area contributed by atoms with Gasteiger partial charge in [-0.25, -0.2) is 9.79 Å². The molecule has 0 spiro atoms. The van der Waals surface area contributed by atoms with Gasteiger partial charge in [0.2, 0.25) is 0 Å². The summed E-state index contributed by atoms with van der Waals surface area (Å²) < 4.78 is 0. The maximum absolute atomic E-state index is 11.1. The van der Waals surface area contributed by atoms with Crippen LogP contribution in [0.2, 0.25) is 0 Å². The number of guanidine groups is 1. The maximum atomic E-state index is 11.1. The normalized spacial score (nSPS) is 10.1. The van der Waals surface area contributed by atoms with Crippen LogP contribution >= 0.6 is 0 Å². The Morgan fingerprint density at radius 1 is 1.18 bits per heavy atom. The van der Waals surface area contributed by atoms with Gasteiger partial charge in [0.15, 0.2) is 5.96 Å². The number of carboxylic acid groups (broad SMARTS) is 1. The van der Waals surface area contributed by atoms with Gasteiger partial charge >= 0.3 is 5.97 Å². The molecule has 0 aliphatic carbocycles. The molecule has 2 aromatic carbocycles. The summed E-state index contributed by atoms with van der Waals surface area (Å²) in [6, 6.07) is 10.4. The van der Waals surface area contributed by atoms with E-state index in [0.717, 1.165) is 5.39 Å².